The molecule has 2 aromatic carbocycles. The molecule has 0 atom stereocenters. The number of ketones is 1. The molecule has 0 unspecified atom stereocenters. The maximum Gasteiger partial charge on any atom is 0.321 e. The summed E-state index contributed by atoms with van der Waals surface area (Å²) in [6.07, 6.45) is 0. The molecule has 0 radical (unpaired) electrons. The molecule has 3 rings (SSSR count). The largest absolute Gasteiger partial charge is 0.486 e. The van der Waals surface area contributed by atoms with Crippen molar-refractivity contribution in [3.8, 4) is 11.5 Å². The first-order valence-corrected chi connectivity index (χ1v) is 10.0. The lowest BCUT2D eigenvalue weighted by molar-refractivity contribution is -0.142. The fraction of sp³-hybridized carbons (Fsp3) is 0.263. The number of benzene rings is 2. The molecule has 0 bridgehead atoms. The predicted molar refractivity (Wildman–Crippen MR) is 98.9 cm³/mol. The Morgan fingerprint density at radius 1 is 1.07 bits per heavy atom. The third kappa shape index (κ3) is 4.90. The minimum Gasteiger partial charge on any atom is -0.486 e. The second-order valence-corrected chi connectivity index (χ2v) is 8.20. The van der Waals surface area contributed by atoms with Gasteiger partial charge in [0.25, 0.3) is 0 Å². The van der Waals surface area contributed by atoms with Gasteiger partial charge in [0, 0.05) is 12.6 Å². The van der Waals surface area contributed by atoms with Gasteiger partial charge < -0.3 is 14.2 Å². The number of likely N-dealkylation sites (N-methyl/N-ethyl adjacent to an activating group) is 1. The van der Waals surface area contributed by atoms with Gasteiger partial charge in [-0.15, -0.1) is 0 Å². The number of sulfonamides is 1. The van der Waals surface area contributed by atoms with Crippen LogP contribution in [0.4, 0.5) is 4.39 Å². The fourth-order valence-corrected chi connectivity index (χ4v) is 3.66. The Bertz CT molecular complexity index is 1020. The van der Waals surface area contributed by atoms with Crippen molar-refractivity contribution in [1.29, 1.82) is 0 Å². The van der Waals surface area contributed by atoms with E-state index in [0.29, 0.717) is 24.7 Å². The lowest BCUT2D eigenvalue weighted by Gasteiger charge is -2.18. The summed E-state index contributed by atoms with van der Waals surface area (Å²) in [5.41, 5.74) is 0.273. The third-order valence-electron chi connectivity index (χ3n) is 4.10. The van der Waals surface area contributed by atoms with Gasteiger partial charge in [0.2, 0.25) is 10.0 Å². The van der Waals surface area contributed by atoms with Crippen molar-refractivity contribution in [2.24, 2.45) is 0 Å². The highest BCUT2D eigenvalue weighted by atomic mass is 32.2. The third-order valence-corrected chi connectivity index (χ3v) is 5.92. The van der Waals surface area contributed by atoms with Gasteiger partial charge in [-0.3, -0.25) is 9.59 Å². The number of halogens is 1. The monoisotopic (exact) mass is 423 g/mol. The number of Topliss-reactive ketones (excluding diaryl/α,β-unsaturated/α-hetero) is 1. The molecule has 0 spiro atoms. The normalized spacial score (nSPS) is 13.2. The number of hydrogen-bond donors (Lipinski definition) is 0. The van der Waals surface area contributed by atoms with Gasteiger partial charge in [-0.2, -0.15) is 4.31 Å². The summed E-state index contributed by atoms with van der Waals surface area (Å²) in [6, 6.07) is 8.81. The van der Waals surface area contributed by atoms with Crippen LogP contribution in [-0.4, -0.2) is 57.9 Å². The number of nitrogens with zero attached hydrogens (tertiary/aromatic N) is 1. The van der Waals surface area contributed by atoms with Crippen molar-refractivity contribution in [2.75, 3.05) is 33.4 Å². The number of ether oxygens (including phenoxy) is 3. The minimum atomic E-state index is -4.00. The lowest BCUT2D eigenvalue weighted by atomic mass is 10.1. The van der Waals surface area contributed by atoms with E-state index >= 15 is 0 Å². The van der Waals surface area contributed by atoms with E-state index in [4.69, 9.17) is 14.2 Å². The molecule has 154 valence electrons. The van der Waals surface area contributed by atoms with E-state index < -0.39 is 40.7 Å². The molecule has 10 heteroatoms. The van der Waals surface area contributed by atoms with Crippen LogP contribution in [0.2, 0.25) is 0 Å². The Kier molecular flexibility index (Phi) is 6.14. The van der Waals surface area contributed by atoms with Crippen LogP contribution >= 0.6 is 0 Å². The minimum absolute atomic E-state index is 0.165. The molecule has 1 aliphatic heterocycles. The quantitative estimate of drug-likeness (QED) is 0.493. The molecule has 29 heavy (non-hydrogen) atoms. The summed E-state index contributed by atoms with van der Waals surface area (Å²) in [5, 5.41) is 0. The van der Waals surface area contributed by atoms with Crippen LogP contribution in [0.1, 0.15) is 10.4 Å². The molecule has 0 fully saturated rings. The summed E-state index contributed by atoms with van der Waals surface area (Å²) < 4.78 is 54.1. The zero-order valence-corrected chi connectivity index (χ0v) is 16.3. The predicted octanol–water partition coefficient (Wildman–Crippen LogP) is 1.64. The van der Waals surface area contributed by atoms with Crippen LogP contribution < -0.4 is 9.47 Å². The number of hydrogen-bond acceptors (Lipinski definition) is 7. The van der Waals surface area contributed by atoms with Crippen molar-refractivity contribution in [2.45, 2.75) is 4.90 Å². The van der Waals surface area contributed by atoms with Crippen LogP contribution in [0.25, 0.3) is 0 Å². The molecule has 1 aliphatic rings. The van der Waals surface area contributed by atoms with E-state index in [0.717, 1.165) is 28.6 Å². The molecule has 0 amide bonds. The Labute approximate surface area is 166 Å². The molecule has 0 N–H and O–H groups in total. The standard InChI is InChI=1S/C19H18FNO7S/c1-21(29(24,25)15-5-3-14(20)4-6-15)11-19(23)28-12-16(22)13-2-7-17-18(10-13)27-9-8-26-17/h2-7,10H,8-9,11-12H2,1H3. The van der Waals surface area contributed by atoms with Crippen LogP contribution in [0, 0.1) is 5.82 Å². The highest BCUT2D eigenvalue weighted by molar-refractivity contribution is 7.89. The number of carbonyl (C=O) groups excluding carboxylic acids is 2. The van der Waals surface area contributed by atoms with Crippen molar-refractivity contribution in [1.82, 2.24) is 4.31 Å². The highest BCUT2D eigenvalue weighted by Crippen LogP contribution is 2.30. The van der Waals surface area contributed by atoms with E-state index in [1.165, 1.54) is 19.2 Å². The van der Waals surface area contributed by atoms with Crippen LogP contribution in [0.5, 0.6) is 11.5 Å². The van der Waals surface area contributed by atoms with Gasteiger partial charge in [-0.1, -0.05) is 0 Å². The van der Waals surface area contributed by atoms with E-state index in [1.807, 2.05) is 0 Å². The van der Waals surface area contributed by atoms with Gasteiger partial charge in [0.05, 0.1) is 4.90 Å². The summed E-state index contributed by atoms with van der Waals surface area (Å²) in [6.45, 7) is -0.363. The summed E-state index contributed by atoms with van der Waals surface area (Å²) in [5.74, 6) is -0.997. The Morgan fingerprint density at radius 3 is 2.41 bits per heavy atom. The summed E-state index contributed by atoms with van der Waals surface area (Å²) in [4.78, 5) is 24.0. The molecule has 0 aliphatic carbocycles. The topological polar surface area (TPSA) is 99.2 Å². The molecule has 1 heterocycles. The smallest absolute Gasteiger partial charge is 0.321 e. The van der Waals surface area contributed by atoms with Crippen LogP contribution in [0.15, 0.2) is 47.4 Å². The van der Waals surface area contributed by atoms with Gasteiger partial charge >= 0.3 is 5.97 Å². The number of carbonyl (C=O) groups is 2. The molecular weight excluding hydrogens is 405 g/mol. The van der Waals surface area contributed by atoms with Crippen molar-refractivity contribution in [3.63, 3.8) is 0 Å². The summed E-state index contributed by atoms with van der Waals surface area (Å²) in [7, 11) is -2.82. The van der Waals surface area contributed by atoms with E-state index in [-0.39, 0.29) is 10.5 Å². The number of esters is 1. The van der Waals surface area contributed by atoms with Gasteiger partial charge in [0.15, 0.2) is 23.9 Å². The maximum atomic E-state index is 13.0. The van der Waals surface area contributed by atoms with Crippen molar-refractivity contribution < 1.29 is 36.6 Å². The lowest BCUT2D eigenvalue weighted by Crippen LogP contribution is -2.33. The Morgan fingerprint density at radius 2 is 1.72 bits per heavy atom. The van der Waals surface area contributed by atoms with E-state index in [1.54, 1.807) is 6.07 Å². The molecule has 0 saturated carbocycles. The van der Waals surface area contributed by atoms with Crippen molar-refractivity contribution in [3.05, 3.63) is 53.8 Å². The maximum absolute atomic E-state index is 13.0. The average Bonchev–Trinajstić information content (AvgIpc) is 2.71. The van der Waals surface area contributed by atoms with Crippen molar-refractivity contribution >= 4 is 21.8 Å². The summed E-state index contributed by atoms with van der Waals surface area (Å²) >= 11 is 0. The van der Waals surface area contributed by atoms with Gasteiger partial charge in [0.1, 0.15) is 25.6 Å². The van der Waals surface area contributed by atoms with E-state index in [9.17, 15) is 22.4 Å². The first-order chi connectivity index (χ1) is 13.8. The van der Waals surface area contributed by atoms with Crippen LogP contribution in [-0.2, 0) is 19.6 Å². The molecule has 0 saturated heterocycles. The molecular formula is C19H18FNO7S. The van der Waals surface area contributed by atoms with E-state index in [2.05, 4.69) is 0 Å². The SMILES string of the molecule is CN(CC(=O)OCC(=O)c1ccc2c(c1)OCCO2)S(=O)(=O)c1ccc(F)cc1. The zero-order chi connectivity index (χ0) is 21.0. The Balaban J connectivity index is 1.56. The molecule has 0 aromatic heterocycles. The molecule has 2 aromatic rings. The first kappa shape index (κ1) is 20.7. The van der Waals surface area contributed by atoms with Gasteiger partial charge in [-0.05, 0) is 42.5 Å². The zero-order valence-electron chi connectivity index (χ0n) is 15.5. The molecule has 8 nitrogen and oxygen atoms in total. The number of rotatable bonds is 7. The van der Waals surface area contributed by atoms with Crippen LogP contribution in [0.3, 0.4) is 0 Å². The second kappa shape index (κ2) is 8.58. The fourth-order valence-electron chi connectivity index (χ4n) is 2.55. The average molecular weight is 423 g/mol. The first-order valence-electron chi connectivity index (χ1n) is 8.58. The second-order valence-electron chi connectivity index (χ2n) is 6.16. The number of fused-ring (bicyclic) bond motifs is 1. The van der Waals surface area contributed by atoms with Gasteiger partial charge in [-0.25, -0.2) is 12.8 Å². The highest BCUT2D eigenvalue weighted by Gasteiger charge is 2.24. The Hall–Kier alpha value is -2.98.